The molecule has 0 aliphatic carbocycles. The normalized spacial score (nSPS) is 16.3. The zero-order valence-corrected chi connectivity index (χ0v) is 11.2. The van der Waals surface area contributed by atoms with Crippen molar-refractivity contribution in [2.45, 2.75) is 0 Å². The van der Waals surface area contributed by atoms with E-state index in [0.29, 0.717) is 5.56 Å². The van der Waals surface area contributed by atoms with Gasteiger partial charge in [-0.25, -0.2) is 4.79 Å². The predicted octanol–water partition coefficient (Wildman–Crippen LogP) is 1.15. The molecule has 5 heteroatoms. The SMILES string of the molecule is CN(CCN1CCOCC1)c1ccc(C(=O)O)cc1. The molecule has 0 saturated carbocycles. The molecule has 0 atom stereocenters. The number of hydrogen-bond acceptors (Lipinski definition) is 4. The van der Waals surface area contributed by atoms with Crippen LogP contribution in [-0.2, 0) is 4.74 Å². The number of carboxylic acid groups (broad SMARTS) is 1. The minimum atomic E-state index is -0.887. The van der Waals surface area contributed by atoms with E-state index in [0.717, 1.165) is 45.1 Å². The van der Waals surface area contributed by atoms with Crippen LogP contribution >= 0.6 is 0 Å². The van der Waals surface area contributed by atoms with Gasteiger partial charge in [-0.1, -0.05) is 0 Å². The third-order valence-corrected chi connectivity index (χ3v) is 3.41. The number of anilines is 1. The average molecular weight is 264 g/mol. The molecule has 5 nitrogen and oxygen atoms in total. The maximum Gasteiger partial charge on any atom is 0.335 e. The van der Waals surface area contributed by atoms with E-state index in [1.165, 1.54) is 0 Å². The summed E-state index contributed by atoms with van der Waals surface area (Å²) < 4.78 is 5.32. The highest BCUT2D eigenvalue weighted by molar-refractivity contribution is 5.88. The van der Waals surface area contributed by atoms with E-state index < -0.39 is 5.97 Å². The van der Waals surface area contributed by atoms with Gasteiger partial charge >= 0.3 is 5.97 Å². The number of nitrogens with zero attached hydrogens (tertiary/aromatic N) is 2. The number of carboxylic acids is 1. The first-order valence-corrected chi connectivity index (χ1v) is 6.51. The fourth-order valence-corrected chi connectivity index (χ4v) is 2.10. The second-order valence-corrected chi connectivity index (χ2v) is 4.73. The topological polar surface area (TPSA) is 53.0 Å². The van der Waals surface area contributed by atoms with E-state index in [2.05, 4.69) is 9.80 Å². The van der Waals surface area contributed by atoms with Crippen LogP contribution in [0.3, 0.4) is 0 Å². The molecule has 1 aromatic carbocycles. The fourth-order valence-electron chi connectivity index (χ4n) is 2.10. The highest BCUT2D eigenvalue weighted by Crippen LogP contribution is 2.13. The summed E-state index contributed by atoms with van der Waals surface area (Å²) in [7, 11) is 2.02. The molecular weight excluding hydrogens is 244 g/mol. The molecular formula is C14H20N2O3. The Bertz CT molecular complexity index is 413. The number of rotatable bonds is 5. The van der Waals surface area contributed by atoms with Gasteiger partial charge in [0, 0.05) is 38.9 Å². The molecule has 0 aromatic heterocycles. The van der Waals surface area contributed by atoms with Crippen molar-refractivity contribution in [1.29, 1.82) is 0 Å². The number of morpholine rings is 1. The number of carbonyl (C=O) groups is 1. The fraction of sp³-hybridized carbons (Fsp3) is 0.500. The number of hydrogen-bond donors (Lipinski definition) is 1. The van der Waals surface area contributed by atoms with Crippen LogP contribution in [0.2, 0.25) is 0 Å². The molecule has 0 bridgehead atoms. The monoisotopic (exact) mass is 264 g/mol. The maximum absolute atomic E-state index is 10.8. The minimum Gasteiger partial charge on any atom is -0.478 e. The van der Waals surface area contributed by atoms with E-state index >= 15 is 0 Å². The van der Waals surface area contributed by atoms with E-state index in [-0.39, 0.29) is 0 Å². The number of ether oxygens (including phenoxy) is 1. The smallest absolute Gasteiger partial charge is 0.335 e. The molecule has 1 saturated heterocycles. The van der Waals surface area contributed by atoms with E-state index in [9.17, 15) is 4.79 Å². The molecule has 1 fully saturated rings. The quantitative estimate of drug-likeness (QED) is 0.864. The van der Waals surface area contributed by atoms with E-state index in [1.54, 1.807) is 12.1 Å². The third kappa shape index (κ3) is 3.94. The second kappa shape index (κ2) is 6.54. The van der Waals surface area contributed by atoms with Gasteiger partial charge in [-0.15, -0.1) is 0 Å². The lowest BCUT2D eigenvalue weighted by molar-refractivity contribution is 0.0393. The Hall–Kier alpha value is -1.59. The van der Waals surface area contributed by atoms with E-state index in [1.807, 2.05) is 19.2 Å². The van der Waals surface area contributed by atoms with Crippen molar-refractivity contribution in [1.82, 2.24) is 4.90 Å². The first kappa shape index (κ1) is 13.8. The average Bonchev–Trinajstić information content (AvgIpc) is 2.46. The lowest BCUT2D eigenvalue weighted by atomic mass is 10.2. The zero-order valence-electron chi connectivity index (χ0n) is 11.2. The Kier molecular flexibility index (Phi) is 4.76. The summed E-state index contributed by atoms with van der Waals surface area (Å²) in [5, 5.41) is 8.86. The first-order chi connectivity index (χ1) is 9.16. The summed E-state index contributed by atoms with van der Waals surface area (Å²) in [6.45, 7) is 5.54. The van der Waals surface area contributed by atoms with Crippen molar-refractivity contribution in [3.05, 3.63) is 29.8 Å². The Labute approximate surface area is 113 Å². The van der Waals surface area contributed by atoms with Crippen molar-refractivity contribution in [3.8, 4) is 0 Å². The van der Waals surface area contributed by atoms with Crippen molar-refractivity contribution in [2.75, 3.05) is 51.3 Å². The van der Waals surface area contributed by atoms with Gasteiger partial charge in [0.05, 0.1) is 18.8 Å². The Balaban J connectivity index is 1.84. The Morgan fingerprint density at radius 2 is 1.95 bits per heavy atom. The molecule has 1 aliphatic rings. The molecule has 0 unspecified atom stereocenters. The van der Waals surface area contributed by atoms with Crippen molar-refractivity contribution >= 4 is 11.7 Å². The van der Waals surface area contributed by atoms with Crippen molar-refractivity contribution in [2.24, 2.45) is 0 Å². The van der Waals surface area contributed by atoms with Gasteiger partial charge in [0.15, 0.2) is 0 Å². The molecule has 1 heterocycles. The van der Waals surface area contributed by atoms with Crippen LogP contribution in [0.25, 0.3) is 0 Å². The largest absolute Gasteiger partial charge is 0.478 e. The molecule has 1 aliphatic heterocycles. The van der Waals surface area contributed by atoms with Gasteiger partial charge in [0.1, 0.15) is 0 Å². The molecule has 19 heavy (non-hydrogen) atoms. The standard InChI is InChI=1S/C14H20N2O3/c1-15(6-7-16-8-10-19-11-9-16)13-4-2-12(3-5-13)14(17)18/h2-5H,6-11H2,1H3,(H,17,18). The van der Waals surface area contributed by atoms with Gasteiger partial charge in [-0.3, -0.25) is 4.90 Å². The third-order valence-electron chi connectivity index (χ3n) is 3.41. The lowest BCUT2D eigenvalue weighted by Crippen LogP contribution is -2.40. The number of benzene rings is 1. The van der Waals surface area contributed by atoms with Gasteiger partial charge in [0.2, 0.25) is 0 Å². The summed E-state index contributed by atoms with van der Waals surface area (Å²) in [6.07, 6.45) is 0. The van der Waals surface area contributed by atoms with Crippen LogP contribution in [0.15, 0.2) is 24.3 Å². The lowest BCUT2D eigenvalue weighted by Gasteiger charge is -2.29. The second-order valence-electron chi connectivity index (χ2n) is 4.73. The molecule has 0 radical (unpaired) electrons. The van der Waals surface area contributed by atoms with Crippen LogP contribution in [0.1, 0.15) is 10.4 Å². The number of likely N-dealkylation sites (N-methyl/N-ethyl adjacent to an activating group) is 1. The first-order valence-electron chi connectivity index (χ1n) is 6.51. The van der Waals surface area contributed by atoms with Crippen LogP contribution in [0.4, 0.5) is 5.69 Å². The van der Waals surface area contributed by atoms with Crippen molar-refractivity contribution in [3.63, 3.8) is 0 Å². The highest BCUT2D eigenvalue weighted by atomic mass is 16.5. The van der Waals surface area contributed by atoms with Gasteiger partial charge in [-0.2, -0.15) is 0 Å². The molecule has 2 rings (SSSR count). The molecule has 0 amide bonds. The predicted molar refractivity (Wildman–Crippen MR) is 73.9 cm³/mol. The van der Waals surface area contributed by atoms with Gasteiger partial charge in [0.25, 0.3) is 0 Å². The van der Waals surface area contributed by atoms with Gasteiger partial charge in [-0.05, 0) is 24.3 Å². The molecule has 1 N–H and O–H groups in total. The summed E-state index contributed by atoms with van der Waals surface area (Å²) >= 11 is 0. The maximum atomic E-state index is 10.8. The molecule has 1 aromatic rings. The number of aromatic carboxylic acids is 1. The molecule has 104 valence electrons. The summed E-state index contributed by atoms with van der Waals surface area (Å²) in [5.74, 6) is -0.887. The van der Waals surface area contributed by atoms with Crippen molar-refractivity contribution < 1.29 is 14.6 Å². The zero-order chi connectivity index (χ0) is 13.7. The summed E-state index contributed by atoms with van der Waals surface area (Å²) in [4.78, 5) is 15.3. The summed E-state index contributed by atoms with van der Waals surface area (Å²) in [6, 6.07) is 6.98. The Morgan fingerprint density at radius 3 is 2.53 bits per heavy atom. The van der Waals surface area contributed by atoms with Crippen LogP contribution in [0.5, 0.6) is 0 Å². The van der Waals surface area contributed by atoms with Crippen LogP contribution in [0, 0.1) is 0 Å². The minimum absolute atomic E-state index is 0.324. The van der Waals surface area contributed by atoms with Gasteiger partial charge < -0.3 is 14.7 Å². The summed E-state index contributed by atoms with van der Waals surface area (Å²) in [5.41, 5.74) is 1.36. The molecule has 0 spiro atoms. The van der Waals surface area contributed by atoms with E-state index in [4.69, 9.17) is 9.84 Å². The Morgan fingerprint density at radius 1 is 1.32 bits per heavy atom. The van der Waals surface area contributed by atoms with Crippen LogP contribution in [-0.4, -0.2) is 62.4 Å². The van der Waals surface area contributed by atoms with Crippen LogP contribution < -0.4 is 4.90 Å². The highest BCUT2D eigenvalue weighted by Gasteiger charge is 2.11.